The maximum absolute atomic E-state index is 12.2. The number of amides is 2. The number of anilines is 2. The van der Waals surface area contributed by atoms with Crippen LogP contribution in [-0.4, -0.2) is 17.6 Å². The van der Waals surface area contributed by atoms with E-state index in [1.54, 1.807) is 0 Å². The molecule has 142 valence electrons. The summed E-state index contributed by atoms with van der Waals surface area (Å²) < 4.78 is 0. The molecule has 0 saturated carbocycles. The molecule has 0 atom stereocenters. The van der Waals surface area contributed by atoms with E-state index in [9.17, 15) is 9.59 Å². The van der Waals surface area contributed by atoms with Crippen LogP contribution >= 0.6 is 11.8 Å². The predicted molar refractivity (Wildman–Crippen MR) is 116 cm³/mol. The van der Waals surface area contributed by atoms with Crippen molar-refractivity contribution in [2.45, 2.75) is 18.2 Å². The molecule has 0 aliphatic rings. The van der Waals surface area contributed by atoms with Crippen molar-refractivity contribution in [3.8, 4) is 0 Å². The molecule has 3 aromatic carbocycles. The fourth-order valence-electron chi connectivity index (χ4n) is 2.70. The molecule has 0 bridgehead atoms. The number of rotatable bonds is 7. The number of carbonyl (C=O) groups excluding carboxylic acids is 2. The fraction of sp³-hybridized carbons (Fsp3) is 0.130. The van der Waals surface area contributed by atoms with E-state index in [1.807, 2.05) is 85.8 Å². The van der Waals surface area contributed by atoms with Crippen LogP contribution in [0.3, 0.4) is 0 Å². The van der Waals surface area contributed by atoms with Gasteiger partial charge in [0.15, 0.2) is 0 Å². The molecular weight excluding hydrogens is 368 g/mol. The molecule has 0 aliphatic carbocycles. The van der Waals surface area contributed by atoms with E-state index in [4.69, 9.17) is 0 Å². The number of carbonyl (C=O) groups is 2. The van der Waals surface area contributed by atoms with Crippen molar-refractivity contribution >= 4 is 35.0 Å². The molecule has 0 aliphatic heterocycles. The van der Waals surface area contributed by atoms with Gasteiger partial charge in [0.05, 0.1) is 12.2 Å². The third-order valence-electron chi connectivity index (χ3n) is 4.11. The number of aryl methyl sites for hydroxylation is 1. The monoisotopic (exact) mass is 390 g/mol. The first kappa shape index (κ1) is 19.7. The summed E-state index contributed by atoms with van der Waals surface area (Å²) in [6, 6.07) is 24.9. The van der Waals surface area contributed by atoms with Gasteiger partial charge in [0.2, 0.25) is 11.8 Å². The first-order chi connectivity index (χ1) is 13.6. The summed E-state index contributed by atoms with van der Waals surface area (Å²) in [5.41, 5.74) is 3.56. The molecule has 3 rings (SSSR count). The van der Waals surface area contributed by atoms with Crippen LogP contribution < -0.4 is 10.6 Å². The number of nitrogens with one attached hydrogen (secondary N) is 2. The topological polar surface area (TPSA) is 58.2 Å². The van der Waals surface area contributed by atoms with Crippen molar-refractivity contribution in [1.82, 2.24) is 0 Å². The summed E-state index contributed by atoms with van der Waals surface area (Å²) in [5.74, 6) is 0.180. The van der Waals surface area contributed by atoms with Gasteiger partial charge in [-0.1, -0.05) is 54.6 Å². The minimum Gasteiger partial charge on any atom is -0.326 e. The average Bonchev–Trinajstić information content (AvgIpc) is 2.69. The summed E-state index contributed by atoms with van der Waals surface area (Å²) in [6.45, 7) is 1.96. The summed E-state index contributed by atoms with van der Waals surface area (Å²) in [5, 5.41) is 5.84. The van der Waals surface area contributed by atoms with E-state index >= 15 is 0 Å². The number of para-hydroxylation sites is 1. The molecule has 0 heterocycles. The molecule has 3 aromatic rings. The third kappa shape index (κ3) is 5.99. The highest BCUT2D eigenvalue weighted by molar-refractivity contribution is 8.00. The van der Waals surface area contributed by atoms with Crippen molar-refractivity contribution < 1.29 is 9.59 Å². The van der Waals surface area contributed by atoms with Gasteiger partial charge in [0.1, 0.15) is 0 Å². The SMILES string of the molecule is Cc1ccccc1NC(=O)CSc1cccc(NC(=O)Cc2ccccc2)c1. The Hall–Kier alpha value is -3.05. The van der Waals surface area contributed by atoms with Crippen LogP contribution in [0.15, 0.2) is 83.8 Å². The van der Waals surface area contributed by atoms with Crippen molar-refractivity contribution in [3.05, 3.63) is 90.0 Å². The Bertz CT molecular complexity index is 958. The number of hydrogen-bond acceptors (Lipinski definition) is 3. The van der Waals surface area contributed by atoms with E-state index in [1.165, 1.54) is 11.8 Å². The lowest BCUT2D eigenvalue weighted by Gasteiger charge is -2.09. The van der Waals surface area contributed by atoms with E-state index in [-0.39, 0.29) is 11.8 Å². The quantitative estimate of drug-likeness (QED) is 0.564. The highest BCUT2D eigenvalue weighted by Crippen LogP contribution is 2.22. The first-order valence-electron chi connectivity index (χ1n) is 9.02. The van der Waals surface area contributed by atoms with Gasteiger partial charge in [-0.3, -0.25) is 9.59 Å². The van der Waals surface area contributed by atoms with Gasteiger partial charge in [0, 0.05) is 16.3 Å². The largest absolute Gasteiger partial charge is 0.326 e. The molecule has 0 fully saturated rings. The molecule has 28 heavy (non-hydrogen) atoms. The maximum atomic E-state index is 12.2. The van der Waals surface area contributed by atoms with Crippen LogP contribution in [0, 0.1) is 6.92 Å². The van der Waals surface area contributed by atoms with Gasteiger partial charge in [-0.15, -0.1) is 11.8 Å². The molecule has 5 heteroatoms. The Kier molecular flexibility index (Phi) is 6.87. The standard InChI is InChI=1S/C23H22N2O2S/c1-17-8-5-6-13-21(17)25-23(27)16-28-20-12-7-11-19(15-20)24-22(26)14-18-9-3-2-4-10-18/h2-13,15H,14,16H2,1H3,(H,24,26)(H,25,27). The second-order valence-corrected chi connectivity index (χ2v) is 7.44. The van der Waals surface area contributed by atoms with Crippen molar-refractivity contribution in [2.75, 3.05) is 16.4 Å². The van der Waals surface area contributed by atoms with Crippen LogP contribution in [0.4, 0.5) is 11.4 Å². The van der Waals surface area contributed by atoms with Crippen LogP contribution in [0.5, 0.6) is 0 Å². The summed E-state index contributed by atoms with van der Waals surface area (Å²) in [6.07, 6.45) is 0.330. The van der Waals surface area contributed by atoms with E-state index in [0.717, 1.165) is 27.4 Å². The smallest absolute Gasteiger partial charge is 0.234 e. The second kappa shape index (κ2) is 9.76. The van der Waals surface area contributed by atoms with Crippen LogP contribution in [0.25, 0.3) is 0 Å². The Morgan fingerprint density at radius 3 is 2.36 bits per heavy atom. The van der Waals surface area contributed by atoms with E-state index < -0.39 is 0 Å². The Morgan fingerprint density at radius 2 is 1.57 bits per heavy atom. The summed E-state index contributed by atoms with van der Waals surface area (Å²) in [7, 11) is 0. The Labute approximate surface area is 169 Å². The predicted octanol–water partition coefficient (Wildman–Crippen LogP) is 4.91. The Morgan fingerprint density at radius 1 is 0.821 bits per heavy atom. The zero-order chi connectivity index (χ0) is 19.8. The Balaban J connectivity index is 1.52. The van der Waals surface area contributed by atoms with Crippen LogP contribution in [-0.2, 0) is 16.0 Å². The zero-order valence-electron chi connectivity index (χ0n) is 15.6. The van der Waals surface area contributed by atoms with Crippen LogP contribution in [0.2, 0.25) is 0 Å². The van der Waals surface area contributed by atoms with Gasteiger partial charge < -0.3 is 10.6 Å². The molecule has 0 radical (unpaired) electrons. The lowest BCUT2D eigenvalue weighted by atomic mass is 10.1. The highest BCUT2D eigenvalue weighted by atomic mass is 32.2. The average molecular weight is 391 g/mol. The normalized spacial score (nSPS) is 10.3. The van der Waals surface area contributed by atoms with Crippen molar-refractivity contribution in [2.24, 2.45) is 0 Å². The third-order valence-corrected chi connectivity index (χ3v) is 5.11. The molecule has 0 saturated heterocycles. The van der Waals surface area contributed by atoms with E-state index in [2.05, 4.69) is 10.6 Å². The number of thioether (sulfide) groups is 1. The van der Waals surface area contributed by atoms with Gasteiger partial charge in [0.25, 0.3) is 0 Å². The highest BCUT2D eigenvalue weighted by Gasteiger charge is 2.07. The molecule has 2 amide bonds. The minimum atomic E-state index is -0.0642. The maximum Gasteiger partial charge on any atom is 0.234 e. The number of benzene rings is 3. The lowest BCUT2D eigenvalue weighted by Crippen LogP contribution is -2.15. The van der Waals surface area contributed by atoms with Crippen molar-refractivity contribution in [3.63, 3.8) is 0 Å². The number of hydrogen-bond donors (Lipinski definition) is 2. The molecular formula is C23H22N2O2S. The van der Waals surface area contributed by atoms with Gasteiger partial charge in [-0.05, 0) is 42.3 Å². The van der Waals surface area contributed by atoms with E-state index in [0.29, 0.717) is 12.2 Å². The van der Waals surface area contributed by atoms with Gasteiger partial charge >= 0.3 is 0 Å². The molecule has 0 unspecified atom stereocenters. The fourth-order valence-corrected chi connectivity index (χ4v) is 3.45. The summed E-state index contributed by atoms with van der Waals surface area (Å²) >= 11 is 1.44. The summed E-state index contributed by atoms with van der Waals surface area (Å²) in [4.78, 5) is 25.3. The van der Waals surface area contributed by atoms with Crippen LogP contribution in [0.1, 0.15) is 11.1 Å². The molecule has 4 nitrogen and oxygen atoms in total. The zero-order valence-corrected chi connectivity index (χ0v) is 16.5. The van der Waals surface area contributed by atoms with Gasteiger partial charge in [-0.2, -0.15) is 0 Å². The minimum absolute atomic E-state index is 0.0576. The van der Waals surface area contributed by atoms with Gasteiger partial charge in [-0.25, -0.2) is 0 Å². The van der Waals surface area contributed by atoms with Crippen molar-refractivity contribution in [1.29, 1.82) is 0 Å². The first-order valence-corrected chi connectivity index (χ1v) is 10.0. The molecule has 0 aromatic heterocycles. The molecule has 0 spiro atoms. The lowest BCUT2D eigenvalue weighted by molar-refractivity contribution is -0.115. The molecule has 2 N–H and O–H groups in total. The second-order valence-electron chi connectivity index (χ2n) is 6.39.